The lowest BCUT2D eigenvalue weighted by atomic mass is 10.2. The molecule has 2 N–H and O–H groups in total. The third kappa shape index (κ3) is 6.24. The summed E-state index contributed by atoms with van der Waals surface area (Å²) < 4.78 is 34.3. The summed E-state index contributed by atoms with van der Waals surface area (Å²) in [6.07, 6.45) is 0. The van der Waals surface area contributed by atoms with Crippen molar-refractivity contribution in [2.24, 2.45) is 0 Å². The van der Waals surface area contributed by atoms with E-state index in [4.69, 9.17) is 21.1 Å². The predicted molar refractivity (Wildman–Crippen MR) is 97.8 cm³/mol. The summed E-state index contributed by atoms with van der Waals surface area (Å²) in [5, 5.41) is 0.522. The van der Waals surface area contributed by atoms with Gasteiger partial charge in [-0.1, -0.05) is 11.6 Å². The van der Waals surface area contributed by atoms with E-state index in [1.54, 1.807) is 31.2 Å². The van der Waals surface area contributed by atoms with Crippen LogP contribution in [0.4, 0.5) is 0 Å². The van der Waals surface area contributed by atoms with Crippen LogP contribution in [0.3, 0.4) is 0 Å². The number of amides is 1. The van der Waals surface area contributed by atoms with Gasteiger partial charge in [0.1, 0.15) is 5.75 Å². The molecule has 27 heavy (non-hydrogen) atoms. The zero-order valence-corrected chi connectivity index (χ0v) is 15.8. The van der Waals surface area contributed by atoms with E-state index in [1.807, 2.05) is 10.3 Å². The van der Waals surface area contributed by atoms with Gasteiger partial charge in [-0.2, -0.15) is 0 Å². The number of sulfonamides is 1. The molecule has 1 amide bonds. The summed E-state index contributed by atoms with van der Waals surface area (Å²) in [6, 6.07) is 11.4. The van der Waals surface area contributed by atoms with E-state index in [0.29, 0.717) is 10.8 Å². The minimum absolute atomic E-state index is 0.130. The fourth-order valence-electron chi connectivity index (χ4n) is 1.88. The van der Waals surface area contributed by atoms with E-state index in [2.05, 4.69) is 0 Å². The van der Waals surface area contributed by atoms with Gasteiger partial charge in [0, 0.05) is 5.02 Å². The molecular formula is C17H17ClN2O6S. The van der Waals surface area contributed by atoms with Crippen molar-refractivity contribution in [2.45, 2.75) is 11.8 Å². The van der Waals surface area contributed by atoms with Gasteiger partial charge in [-0.25, -0.2) is 13.2 Å². The van der Waals surface area contributed by atoms with E-state index in [9.17, 15) is 18.0 Å². The maximum atomic E-state index is 12.2. The molecule has 10 heteroatoms. The fourth-order valence-corrected chi connectivity index (χ4v) is 2.87. The second kappa shape index (κ2) is 9.36. The Kier molecular flexibility index (Phi) is 7.17. The van der Waals surface area contributed by atoms with Crippen molar-refractivity contribution in [3.8, 4) is 5.75 Å². The normalized spacial score (nSPS) is 10.9. The molecule has 0 fully saturated rings. The third-order valence-electron chi connectivity index (χ3n) is 3.18. The minimum Gasteiger partial charge on any atom is -0.484 e. The van der Waals surface area contributed by atoms with Gasteiger partial charge in [0.05, 0.1) is 17.1 Å². The largest absolute Gasteiger partial charge is 0.484 e. The van der Waals surface area contributed by atoms with Gasteiger partial charge in [0.2, 0.25) is 0 Å². The first-order chi connectivity index (χ1) is 12.8. The molecule has 0 aromatic heterocycles. The molecule has 8 nitrogen and oxygen atoms in total. The third-order valence-corrected chi connectivity index (χ3v) is 4.70. The predicted octanol–water partition coefficient (Wildman–Crippen LogP) is 1.91. The van der Waals surface area contributed by atoms with Crippen molar-refractivity contribution >= 4 is 33.5 Å². The molecule has 0 aliphatic heterocycles. The number of benzene rings is 2. The molecule has 2 aromatic rings. The maximum Gasteiger partial charge on any atom is 0.338 e. The molecule has 0 aliphatic carbocycles. The van der Waals surface area contributed by atoms with Crippen LogP contribution >= 0.6 is 11.6 Å². The lowest BCUT2D eigenvalue weighted by Crippen LogP contribution is -2.43. The second-order valence-electron chi connectivity index (χ2n) is 5.14. The second-order valence-corrected chi connectivity index (χ2v) is 7.26. The van der Waals surface area contributed by atoms with Crippen LogP contribution in [0.1, 0.15) is 17.3 Å². The highest BCUT2D eigenvalue weighted by molar-refractivity contribution is 7.89. The van der Waals surface area contributed by atoms with Crippen molar-refractivity contribution in [3.05, 3.63) is 59.1 Å². The van der Waals surface area contributed by atoms with Crippen molar-refractivity contribution in [2.75, 3.05) is 13.2 Å². The molecule has 0 atom stereocenters. The molecule has 0 bridgehead atoms. The average molecular weight is 413 g/mol. The maximum absolute atomic E-state index is 12.2. The molecule has 0 heterocycles. The summed E-state index contributed by atoms with van der Waals surface area (Å²) in [5.41, 5.74) is 2.26. The summed E-state index contributed by atoms with van der Waals surface area (Å²) in [4.78, 5) is 25.1. The summed E-state index contributed by atoms with van der Waals surface area (Å²) in [6.45, 7) is 1.48. The smallest absolute Gasteiger partial charge is 0.338 e. The van der Waals surface area contributed by atoms with Gasteiger partial charge in [-0.15, -0.1) is 4.83 Å². The summed E-state index contributed by atoms with van der Waals surface area (Å²) in [5.74, 6) is -0.842. The average Bonchev–Trinajstić information content (AvgIpc) is 2.66. The summed E-state index contributed by atoms with van der Waals surface area (Å²) >= 11 is 5.74. The Morgan fingerprint density at radius 2 is 1.67 bits per heavy atom. The van der Waals surface area contributed by atoms with Gasteiger partial charge in [0.15, 0.2) is 6.61 Å². The molecule has 144 valence electrons. The number of halogens is 1. The van der Waals surface area contributed by atoms with Gasteiger partial charge in [-0.05, 0) is 55.5 Å². The molecule has 0 radical (unpaired) electrons. The molecule has 0 saturated carbocycles. The van der Waals surface area contributed by atoms with Crippen LogP contribution in [0, 0.1) is 0 Å². The highest BCUT2D eigenvalue weighted by atomic mass is 35.5. The number of hydrogen-bond donors (Lipinski definition) is 2. The number of carbonyl (C=O) groups is 2. The van der Waals surface area contributed by atoms with Crippen LogP contribution in [0.5, 0.6) is 5.75 Å². The zero-order chi connectivity index (χ0) is 19.9. The number of hydrazine groups is 1. The van der Waals surface area contributed by atoms with Gasteiger partial charge in [0.25, 0.3) is 15.9 Å². The van der Waals surface area contributed by atoms with Crippen LogP contribution < -0.4 is 15.0 Å². The molecular weight excluding hydrogens is 396 g/mol. The number of carbonyl (C=O) groups excluding carboxylic acids is 2. The molecule has 0 saturated heterocycles. The Labute approximate surface area is 161 Å². The van der Waals surface area contributed by atoms with Crippen molar-refractivity contribution in [3.63, 3.8) is 0 Å². The van der Waals surface area contributed by atoms with Crippen LogP contribution in [0.15, 0.2) is 53.4 Å². The SMILES string of the molecule is CCOC(=O)c1ccc(S(=O)(=O)NNC(=O)COc2ccc(Cl)cc2)cc1. The Balaban J connectivity index is 1.88. The standard InChI is InChI=1S/C17H17ClN2O6S/c1-2-25-17(22)12-3-9-15(10-4-12)27(23,24)20-19-16(21)11-26-14-7-5-13(18)6-8-14/h3-10,20H,2,11H2,1H3,(H,19,21). The zero-order valence-electron chi connectivity index (χ0n) is 14.3. The molecule has 0 aliphatic rings. The van der Waals surface area contributed by atoms with E-state index >= 15 is 0 Å². The first-order valence-electron chi connectivity index (χ1n) is 7.78. The van der Waals surface area contributed by atoms with E-state index in [1.165, 1.54) is 24.3 Å². The lowest BCUT2D eigenvalue weighted by Gasteiger charge is -2.10. The van der Waals surface area contributed by atoms with Gasteiger partial charge < -0.3 is 9.47 Å². The van der Waals surface area contributed by atoms with Crippen LogP contribution in [-0.4, -0.2) is 33.5 Å². The number of nitrogens with one attached hydrogen (secondary N) is 2. The first-order valence-corrected chi connectivity index (χ1v) is 9.64. The Morgan fingerprint density at radius 1 is 1.04 bits per heavy atom. The van der Waals surface area contributed by atoms with E-state index in [0.717, 1.165) is 0 Å². The highest BCUT2D eigenvalue weighted by Crippen LogP contribution is 2.15. The quantitative estimate of drug-likeness (QED) is 0.506. The molecule has 2 rings (SSSR count). The van der Waals surface area contributed by atoms with Crippen LogP contribution in [-0.2, 0) is 19.6 Å². The Hall–Kier alpha value is -2.62. The number of ether oxygens (including phenoxy) is 2. The van der Waals surface area contributed by atoms with Crippen molar-refractivity contribution < 1.29 is 27.5 Å². The minimum atomic E-state index is -4.01. The Bertz CT molecular complexity index is 898. The van der Waals surface area contributed by atoms with Crippen LogP contribution in [0.25, 0.3) is 0 Å². The van der Waals surface area contributed by atoms with E-state index < -0.39 is 28.5 Å². The van der Waals surface area contributed by atoms with Gasteiger partial charge >= 0.3 is 5.97 Å². The van der Waals surface area contributed by atoms with Crippen LogP contribution in [0.2, 0.25) is 5.02 Å². The van der Waals surface area contributed by atoms with Gasteiger partial charge in [-0.3, -0.25) is 10.2 Å². The Morgan fingerprint density at radius 3 is 2.26 bits per heavy atom. The fraction of sp³-hybridized carbons (Fsp3) is 0.176. The molecule has 0 unspecified atom stereocenters. The first kappa shape index (κ1) is 20.7. The topological polar surface area (TPSA) is 111 Å². The highest BCUT2D eigenvalue weighted by Gasteiger charge is 2.16. The molecule has 0 spiro atoms. The monoisotopic (exact) mass is 412 g/mol. The summed E-state index contributed by atoms with van der Waals surface area (Å²) in [7, 11) is -4.01. The van der Waals surface area contributed by atoms with E-state index in [-0.39, 0.29) is 17.1 Å². The lowest BCUT2D eigenvalue weighted by molar-refractivity contribution is -0.123. The number of hydrogen-bond acceptors (Lipinski definition) is 6. The molecule has 2 aromatic carbocycles. The number of rotatable bonds is 8. The van der Waals surface area contributed by atoms with Crippen molar-refractivity contribution in [1.82, 2.24) is 10.3 Å². The van der Waals surface area contributed by atoms with Crippen molar-refractivity contribution in [1.29, 1.82) is 0 Å². The number of esters is 1.